The molecule has 1 aromatic rings. The molecule has 1 aromatic carbocycles. The lowest BCUT2D eigenvalue weighted by Crippen LogP contribution is -2.03. The molecular formula is C6H4BrN2O6S2+. The van der Waals surface area contributed by atoms with Crippen LogP contribution in [0.3, 0.4) is 0 Å². The number of benzene rings is 1. The van der Waals surface area contributed by atoms with Crippen molar-refractivity contribution in [2.75, 3.05) is 0 Å². The van der Waals surface area contributed by atoms with Gasteiger partial charge in [0.1, 0.15) is 4.90 Å². The van der Waals surface area contributed by atoms with Gasteiger partial charge in [0.15, 0.2) is 9.87 Å². The van der Waals surface area contributed by atoms with Crippen LogP contribution in [0.2, 0.25) is 0 Å². The topological polar surface area (TPSA) is 137 Å². The van der Waals surface area contributed by atoms with E-state index in [4.69, 9.17) is 14.5 Å². The van der Waals surface area contributed by atoms with Gasteiger partial charge in [-0.15, -0.1) is 0 Å². The van der Waals surface area contributed by atoms with Crippen LogP contribution < -0.4 is 0 Å². The quantitative estimate of drug-likeness (QED) is 0.611. The lowest BCUT2D eigenvalue weighted by atomic mass is 10.3. The Hall–Kier alpha value is -1.06. The fourth-order valence-corrected chi connectivity index (χ4v) is 3.31. The molecule has 0 saturated carbocycles. The fourth-order valence-electron chi connectivity index (χ4n) is 1.01. The van der Waals surface area contributed by atoms with Gasteiger partial charge in [0, 0.05) is 4.47 Å². The molecule has 0 aliphatic carbocycles. The minimum atomic E-state index is -4.69. The molecule has 0 aliphatic heterocycles. The van der Waals surface area contributed by atoms with Crippen molar-refractivity contribution < 1.29 is 25.9 Å². The third-order valence-corrected chi connectivity index (χ3v) is 4.37. The van der Waals surface area contributed by atoms with Crippen LogP contribution in [-0.2, 0) is 20.2 Å². The Bertz CT molecular complexity index is 718. The smallest absolute Gasteiger partial charge is 0.282 e. The summed E-state index contributed by atoms with van der Waals surface area (Å²) in [6.07, 6.45) is 0. The first-order chi connectivity index (χ1) is 7.57. The van der Waals surface area contributed by atoms with Crippen molar-refractivity contribution in [3.8, 4) is 0 Å². The maximum atomic E-state index is 10.9. The van der Waals surface area contributed by atoms with Crippen molar-refractivity contribution >= 4 is 41.9 Å². The SMILES string of the molecule is N#[N+]c1cc(S(=O)(=O)O)c(Br)cc1S(=O)(=O)O. The first-order valence-corrected chi connectivity index (χ1v) is 7.38. The molecule has 2 N–H and O–H groups in total. The highest BCUT2D eigenvalue weighted by Gasteiger charge is 2.29. The highest BCUT2D eigenvalue weighted by molar-refractivity contribution is 9.10. The van der Waals surface area contributed by atoms with Gasteiger partial charge in [0.25, 0.3) is 10.1 Å². The van der Waals surface area contributed by atoms with E-state index in [1.165, 1.54) is 0 Å². The van der Waals surface area contributed by atoms with E-state index in [9.17, 15) is 16.8 Å². The Morgan fingerprint density at radius 2 is 1.53 bits per heavy atom. The van der Waals surface area contributed by atoms with E-state index in [0.717, 1.165) is 0 Å². The van der Waals surface area contributed by atoms with Crippen LogP contribution in [0.25, 0.3) is 4.98 Å². The van der Waals surface area contributed by atoms with E-state index >= 15 is 0 Å². The van der Waals surface area contributed by atoms with Gasteiger partial charge >= 0.3 is 15.8 Å². The van der Waals surface area contributed by atoms with E-state index in [0.29, 0.717) is 12.1 Å². The van der Waals surface area contributed by atoms with Crippen LogP contribution in [0.4, 0.5) is 5.69 Å². The van der Waals surface area contributed by atoms with Crippen LogP contribution >= 0.6 is 15.9 Å². The van der Waals surface area contributed by atoms with Crippen molar-refractivity contribution in [3.05, 3.63) is 21.6 Å². The first-order valence-electron chi connectivity index (χ1n) is 3.71. The summed E-state index contributed by atoms with van der Waals surface area (Å²) in [5, 5.41) is 8.52. The molecule has 8 nitrogen and oxygen atoms in total. The molecular weight excluding hydrogens is 340 g/mol. The second kappa shape index (κ2) is 4.31. The number of diazo groups is 1. The molecule has 0 bridgehead atoms. The van der Waals surface area contributed by atoms with Crippen LogP contribution in [0.1, 0.15) is 0 Å². The molecule has 0 radical (unpaired) electrons. The van der Waals surface area contributed by atoms with Crippen molar-refractivity contribution in [1.82, 2.24) is 0 Å². The number of rotatable bonds is 2. The minimum absolute atomic E-state index is 0.306. The van der Waals surface area contributed by atoms with Crippen molar-refractivity contribution in [2.24, 2.45) is 0 Å². The van der Waals surface area contributed by atoms with Gasteiger partial charge in [-0.25, -0.2) is 0 Å². The first kappa shape index (κ1) is 14.0. The van der Waals surface area contributed by atoms with Crippen LogP contribution in [0.5, 0.6) is 0 Å². The van der Waals surface area contributed by atoms with Gasteiger partial charge in [-0.05, 0) is 22.0 Å². The Kier molecular flexibility index (Phi) is 3.55. The molecule has 0 heterocycles. The van der Waals surface area contributed by atoms with Gasteiger partial charge in [-0.2, -0.15) is 16.8 Å². The largest absolute Gasteiger partial charge is 0.407 e. The van der Waals surface area contributed by atoms with Crippen LogP contribution in [-0.4, -0.2) is 25.9 Å². The molecule has 0 atom stereocenters. The average Bonchev–Trinajstić information content (AvgIpc) is 2.14. The van der Waals surface area contributed by atoms with Crippen molar-refractivity contribution in [2.45, 2.75) is 9.79 Å². The number of nitrogens with zero attached hydrogens (tertiary/aromatic N) is 2. The maximum Gasteiger partial charge on any atom is 0.407 e. The fraction of sp³-hybridized carbons (Fsp3) is 0. The Labute approximate surface area is 105 Å². The second-order valence-corrected chi connectivity index (χ2v) is 6.43. The highest BCUT2D eigenvalue weighted by Crippen LogP contribution is 2.33. The number of hydrogen-bond acceptors (Lipinski definition) is 5. The molecule has 11 heteroatoms. The van der Waals surface area contributed by atoms with Crippen LogP contribution in [0, 0.1) is 5.39 Å². The monoisotopic (exact) mass is 343 g/mol. The summed E-state index contributed by atoms with van der Waals surface area (Å²) < 4.78 is 60.8. The van der Waals surface area contributed by atoms with E-state index in [1.54, 1.807) is 0 Å². The predicted octanol–water partition coefficient (Wildman–Crippen LogP) is 1.43. The normalized spacial score (nSPS) is 12.1. The third kappa shape index (κ3) is 2.99. The molecule has 0 unspecified atom stereocenters. The van der Waals surface area contributed by atoms with Gasteiger partial charge in [0.05, 0.1) is 6.07 Å². The Morgan fingerprint density at radius 1 is 1.06 bits per heavy atom. The zero-order valence-corrected chi connectivity index (χ0v) is 11.0. The lowest BCUT2D eigenvalue weighted by Gasteiger charge is -2.00. The second-order valence-electron chi connectivity index (χ2n) is 2.80. The third-order valence-electron chi connectivity index (χ3n) is 1.68. The lowest BCUT2D eigenvalue weighted by molar-refractivity contribution is 0.478. The zero-order chi connectivity index (χ0) is 13.4. The molecule has 0 saturated heterocycles. The average molecular weight is 344 g/mol. The van der Waals surface area contributed by atoms with Crippen molar-refractivity contribution in [1.29, 1.82) is 5.39 Å². The molecule has 0 aliphatic rings. The summed E-state index contributed by atoms with van der Waals surface area (Å²) in [7, 11) is -9.31. The molecule has 17 heavy (non-hydrogen) atoms. The summed E-state index contributed by atoms with van der Waals surface area (Å²) in [5.74, 6) is 0. The van der Waals surface area contributed by atoms with Crippen molar-refractivity contribution in [3.63, 3.8) is 0 Å². The van der Waals surface area contributed by atoms with Gasteiger partial charge < -0.3 is 0 Å². The molecule has 0 amide bonds. The van der Waals surface area contributed by atoms with E-state index < -0.39 is 35.7 Å². The summed E-state index contributed by atoms with van der Waals surface area (Å²) >= 11 is 2.70. The predicted molar refractivity (Wildman–Crippen MR) is 58.5 cm³/mol. The molecule has 0 aromatic heterocycles. The Balaban J connectivity index is 3.77. The summed E-state index contributed by atoms with van der Waals surface area (Å²) in [4.78, 5) is 1.01. The summed E-state index contributed by atoms with van der Waals surface area (Å²) in [6.45, 7) is 0. The molecule has 0 fully saturated rings. The summed E-state index contributed by atoms with van der Waals surface area (Å²) in [5.41, 5.74) is -0.719. The molecule has 0 spiro atoms. The maximum absolute atomic E-state index is 10.9. The highest BCUT2D eigenvalue weighted by atomic mass is 79.9. The standard InChI is InChI=1S/C6H3BrN2O6S2/c7-3-1-6(17(13,14)15)4(9-8)2-5(3)16(10,11)12/h1-2H,(H-,10,11,12,13,14,15)/p+1. The van der Waals surface area contributed by atoms with Gasteiger partial charge in [-0.1, -0.05) is 0 Å². The number of hydrogen-bond donors (Lipinski definition) is 2. The van der Waals surface area contributed by atoms with Gasteiger partial charge in [0.2, 0.25) is 5.39 Å². The summed E-state index contributed by atoms with van der Waals surface area (Å²) in [6, 6.07) is 1.27. The molecule has 1 rings (SSSR count). The van der Waals surface area contributed by atoms with Gasteiger partial charge in [-0.3, -0.25) is 9.11 Å². The Morgan fingerprint density at radius 3 is 1.88 bits per heavy atom. The number of halogens is 1. The minimum Gasteiger partial charge on any atom is -0.282 e. The molecule has 92 valence electrons. The zero-order valence-electron chi connectivity index (χ0n) is 7.77. The van der Waals surface area contributed by atoms with Crippen LogP contribution in [0.15, 0.2) is 26.4 Å². The van der Waals surface area contributed by atoms with E-state index in [-0.39, 0.29) is 4.47 Å². The van der Waals surface area contributed by atoms with E-state index in [1.807, 2.05) is 0 Å². The van der Waals surface area contributed by atoms with E-state index in [2.05, 4.69) is 20.9 Å².